The van der Waals surface area contributed by atoms with Gasteiger partial charge in [0.15, 0.2) is 0 Å². The lowest BCUT2D eigenvalue weighted by Crippen LogP contribution is -2.51. The lowest BCUT2D eigenvalue weighted by molar-refractivity contribution is -0.140. The molecule has 1 saturated carbocycles. The van der Waals surface area contributed by atoms with E-state index in [0.717, 1.165) is 18.4 Å². The Kier molecular flexibility index (Phi) is 4.85. The number of hydrogen-bond donors (Lipinski definition) is 0. The number of hydrogen-bond acceptors (Lipinski definition) is 4. The molecule has 1 aromatic heterocycles. The molecule has 2 aromatic rings. The van der Waals surface area contributed by atoms with E-state index in [2.05, 4.69) is 24.0 Å². The van der Waals surface area contributed by atoms with E-state index < -0.39 is 22.5 Å². The zero-order valence-electron chi connectivity index (χ0n) is 19.4. The van der Waals surface area contributed by atoms with E-state index in [1.165, 1.54) is 25.1 Å². The molecule has 1 aliphatic heterocycles. The van der Waals surface area contributed by atoms with Crippen LogP contribution in [0.25, 0.3) is 11.3 Å². The normalized spacial score (nSPS) is 27.0. The fourth-order valence-electron chi connectivity index (χ4n) is 6.43. The van der Waals surface area contributed by atoms with Gasteiger partial charge in [0.05, 0.1) is 28.4 Å². The minimum absolute atomic E-state index is 0.00141. The van der Waals surface area contributed by atoms with Crippen LogP contribution in [-0.4, -0.2) is 58.0 Å². The third-order valence-corrected chi connectivity index (χ3v) is 8.46. The molecule has 8 heteroatoms. The number of halogens is 2. The van der Waals surface area contributed by atoms with Crippen LogP contribution < -0.4 is 0 Å². The van der Waals surface area contributed by atoms with Crippen molar-refractivity contribution >= 4 is 11.8 Å². The second kappa shape index (κ2) is 7.30. The fourth-order valence-corrected chi connectivity index (χ4v) is 6.43. The number of carbonyl (C=O) groups is 2. The Balaban J connectivity index is 1.54. The molecule has 174 valence electrons. The summed E-state index contributed by atoms with van der Waals surface area (Å²) in [6.45, 7) is 6.79. The molecule has 2 bridgehead atoms. The van der Waals surface area contributed by atoms with Crippen molar-refractivity contribution in [2.75, 3.05) is 20.1 Å². The summed E-state index contributed by atoms with van der Waals surface area (Å²) in [7, 11) is 1.77. The summed E-state index contributed by atoms with van der Waals surface area (Å²) >= 11 is 0. The first-order valence-corrected chi connectivity index (χ1v) is 11.4. The molecule has 33 heavy (non-hydrogen) atoms. The Hall–Kier alpha value is -2.90. The number of rotatable bonds is 3. The molecule has 3 aliphatic rings. The van der Waals surface area contributed by atoms with E-state index >= 15 is 0 Å². The highest BCUT2D eigenvalue weighted by Gasteiger charge is 2.68. The van der Waals surface area contributed by atoms with Gasteiger partial charge in [-0.05, 0) is 54.4 Å². The first-order chi connectivity index (χ1) is 15.6. The molecule has 2 aliphatic carbocycles. The summed E-state index contributed by atoms with van der Waals surface area (Å²) in [6.07, 6.45) is 2.22. The number of likely N-dealkylation sites (tertiary alicyclic amines) is 1. The Morgan fingerprint density at radius 1 is 1.15 bits per heavy atom. The molecule has 0 spiro atoms. The van der Waals surface area contributed by atoms with E-state index in [-0.39, 0.29) is 35.0 Å². The van der Waals surface area contributed by atoms with E-state index in [0.29, 0.717) is 25.2 Å². The van der Waals surface area contributed by atoms with E-state index in [1.807, 2.05) is 4.90 Å². The van der Waals surface area contributed by atoms with Crippen molar-refractivity contribution in [2.45, 2.75) is 57.4 Å². The molecule has 1 saturated heterocycles. The van der Waals surface area contributed by atoms with Crippen LogP contribution in [0.4, 0.5) is 8.78 Å². The second-order valence-electron chi connectivity index (χ2n) is 10.2. The summed E-state index contributed by atoms with van der Waals surface area (Å²) in [5.41, 5.74) is 0.234. The smallest absolute Gasteiger partial charge is 0.235 e. The summed E-state index contributed by atoms with van der Waals surface area (Å²) in [5, 5.41) is 8.64. The largest absolute Gasteiger partial charge is 0.341 e. The Labute approximate surface area is 192 Å². The summed E-state index contributed by atoms with van der Waals surface area (Å²) < 4.78 is 28.8. The van der Waals surface area contributed by atoms with Gasteiger partial charge in [-0.3, -0.25) is 9.59 Å². The van der Waals surface area contributed by atoms with Crippen LogP contribution in [0.1, 0.15) is 57.2 Å². The van der Waals surface area contributed by atoms with Crippen LogP contribution in [0.2, 0.25) is 0 Å². The van der Waals surface area contributed by atoms with Gasteiger partial charge in [-0.2, -0.15) is 5.10 Å². The summed E-state index contributed by atoms with van der Waals surface area (Å²) in [4.78, 5) is 29.4. The lowest BCUT2D eigenvalue weighted by Gasteiger charge is -2.39. The quantitative estimate of drug-likeness (QED) is 0.710. The first-order valence-electron chi connectivity index (χ1n) is 11.4. The molecule has 2 amide bonds. The monoisotopic (exact) mass is 454 g/mol. The number of nitrogens with zero attached hydrogens (tertiary/aromatic N) is 4. The molecule has 0 radical (unpaired) electrons. The number of aromatic nitrogens is 2. The van der Waals surface area contributed by atoms with Crippen LogP contribution >= 0.6 is 0 Å². The predicted octanol–water partition coefficient (Wildman–Crippen LogP) is 3.66. The number of amides is 2. The van der Waals surface area contributed by atoms with E-state index in [9.17, 15) is 18.4 Å². The van der Waals surface area contributed by atoms with Crippen molar-refractivity contribution in [3.63, 3.8) is 0 Å². The minimum atomic E-state index is -0.823. The van der Waals surface area contributed by atoms with Crippen molar-refractivity contribution in [3.05, 3.63) is 47.2 Å². The van der Waals surface area contributed by atoms with Crippen molar-refractivity contribution in [1.29, 1.82) is 0 Å². The van der Waals surface area contributed by atoms with Gasteiger partial charge >= 0.3 is 0 Å². The molecule has 3 atom stereocenters. The van der Waals surface area contributed by atoms with Gasteiger partial charge in [-0.15, -0.1) is 5.10 Å². The highest BCUT2D eigenvalue weighted by Crippen LogP contribution is 2.68. The van der Waals surface area contributed by atoms with Crippen LogP contribution in [-0.2, 0) is 15.0 Å². The van der Waals surface area contributed by atoms with Crippen molar-refractivity contribution in [1.82, 2.24) is 20.0 Å². The Morgan fingerprint density at radius 2 is 1.85 bits per heavy atom. The Morgan fingerprint density at radius 3 is 2.52 bits per heavy atom. The van der Waals surface area contributed by atoms with Gasteiger partial charge in [0.25, 0.3) is 0 Å². The van der Waals surface area contributed by atoms with Gasteiger partial charge in [0, 0.05) is 27.1 Å². The average molecular weight is 455 g/mol. The number of benzene rings is 1. The molecule has 2 heterocycles. The van der Waals surface area contributed by atoms with Crippen LogP contribution in [0.5, 0.6) is 0 Å². The predicted molar refractivity (Wildman–Crippen MR) is 118 cm³/mol. The lowest BCUT2D eigenvalue weighted by atomic mass is 9.67. The molecular formula is C25H28F2N4O2. The third-order valence-electron chi connectivity index (χ3n) is 8.46. The first kappa shape index (κ1) is 21.9. The van der Waals surface area contributed by atoms with Crippen molar-refractivity contribution < 1.29 is 18.4 Å². The fraction of sp³-hybridized carbons (Fsp3) is 0.520. The van der Waals surface area contributed by atoms with Crippen LogP contribution in [0, 0.1) is 17.0 Å². The Bertz CT molecular complexity index is 1150. The molecule has 6 nitrogen and oxygen atoms in total. The van der Waals surface area contributed by atoms with Crippen LogP contribution in [0.3, 0.4) is 0 Å². The summed E-state index contributed by atoms with van der Waals surface area (Å²) in [6, 6.07) is 5.45. The molecule has 1 aromatic carbocycles. The molecule has 0 N–H and O–H groups in total. The maximum atomic E-state index is 14.4. The number of likely N-dealkylation sites (N-methyl/N-ethyl adjacent to an activating group) is 1. The maximum Gasteiger partial charge on any atom is 0.235 e. The van der Waals surface area contributed by atoms with E-state index in [1.54, 1.807) is 18.0 Å². The molecule has 5 rings (SSSR count). The highest BCUT2D eigenvalue weighted by molar-refractivity contribution is 5.92. The third kappa shape index (κ3) is 2.88. The number of fused-ring (bicyclic) bond motifs is 5. The highest BCUT2D eigenvalue weighted by atomic mass is 19.1. The number of carbonyl (C=O) groups excluding carboxylic acids is 2. The van der Waals surface area contributed by atoms with Gasteiger partial charge in [0.1, 0.15) is 11.6 Å². The van der Waals surface area contributed by atoms with Crippen molar-refractivity contribution in [2.24, 2.45) is 5.41 Å². The van der Waals surface area contributed by atoms with Gasteiger partial charge in [0.2, 0.25) is 11.8 Å². The zero-order chi connectivity index (χ0) is 23.7. The topological polar surface area (TPSA) is 66.4 Å². The van der Waals surface area contributed by atoms with Crippen molar-refractivity contribution in [3.8, 4) is 11.3 Å². The molecule has 1 unspecified atom stereocenters. The second-order valence-corrected chi connectivity index (χ2v) is 10.2. The SMILES string of the molecule is CC(=O)N(C)C1CCN(C(=O)[C@]23CC[C@H](c4cc(-c5c(F)cccc5F)nnc42)C3(C)C)C1. The van der Waals surface area contributed by atoms with Gasteiger partial charge < -0.3 is 9.80 Å². The minimum Gasteiger partial charge on any atom is -0.341 e. The maximum absolute atomic E-state index is 14.4. The van der Waals surface area contributed by atoms with Crippen LogP contribution in [0.15, 0.2) is 24.3 Å². The van der Waals surface area contributed by atoms with Gasteiger partial charge in [-0.1, -0.05) is 19.9 Å². The zero-order valence-corrected chi connectivity index (χ0v) is 19.4. The average Bonchev–Trinajstić information content (AvgIpc) is 3.41. The molecule has 2 fully saturated rings. The van der Waals surface area contributed by atoms with E-state index in [4.69, 9.17) is 0 Å². The van der Waals surface area contributed by atoms with Gasteiger partial charge in [-0.25, -0.2) is 8.78 Å². The standard InChI is InChI=1S/C25H28F2N4O2/c1-14(32)30(4)15-9-11-31(13-15)23(33)25-10-8-17(24(25,2)3)16-12-20(28-29-22(16)25)21-18(26)6-5-7-19(21)27/h5-7,12,15,17H,8-11,13H2,1-4H3/t15?,17-,25+/m1/s1. The summed E-state index contributed by atoms with van der Waals surface area (Å²) in [5.74, 6) is -1.31. The molecular weight excluding hydrogens is 426 g/mol.